The van der Waals surface area contributed by atoms with Crippen LogP contribution in [0.1, 0.15) is 6.42 Å². The molecule has 5 nitrogen and oxygen atoms in total. The standard InChI is InChI=1S/C4H8N2O3/c5-4(6,1-2-7)3(8)9/h2H,1,5-6H2,(H,8,9). The highest BCUT2D eigenvalue weighted by atomic mass is 16.4. The van der Waals surface area contributed by atoms with Crippen LogP contribution in [0, 0.1) is 0 Å². The molecule has 0 aliphatic heterocycles. The van der Waals surface area contributed by atoms with Crippen LogP contribution in [0.3, 0.4) is 0 Å². The Hall–Kier alpha value is -0.940. The highest BCUT2D eigenvalue weighted by Crippen LogP contribution is 1.93. The molecule has 0 aliphatic rings. The van der Waals surface area contributed by atoms with Crippen LogP contribution in [0.15, 0.2) is 0 Å². The number of rotatable bonds is 3. The number of aldehydes is 1. The lowest BCUT2D eigenvalue weighted by molar-refractivity contribution is -0.144. The van der Waals surface area contributed by atoms with E-state index in [1.807, 2.05) is 0 Å². The fourth-order valence-corrected chi connectivity index (χ4v) is 0.225. The molecule has 0 fully saturated rings. The van der Waals surface area contributed by atoms with Gasteiger partial charge < -0.3 is 21.4 Å². The first kappa shape index (κ1) is 8.06. The van der Waals surface area contributed by atoms with E-state index in [0.29, 0.717) is 6.29 Å². The smallest absolute Gasteiger partial charge is 0.338 e. The molecule has 0 aromatic heterocycles. The lowest BCUT2D eigenvalue weighted by atomic mass is 10.1. The number of aliphatic carboxylic acids is 1. The number of carboxylic acids is 1. The van der Waals surface area contributed by atoms with Gasteiger partial charge in [-0.3, -0.25) is 0 Å². The van der Waals surface area contributed by atoms with Gasteiger partial charge in [-0.25, -0.2) is 4.79 Å². The van der Waals surface area contributed by atoms with E-state index in [1.165, 1.54) is 0 Å². The van der Waals surface area contributed by atoms with Crippen LogP contribution in [0.4, 0.5) is 0 Å². The van der Waals surface area contributed by atoms with Gasteiger partial charge in [-0.2, -0.15) is 0 Å². The Labute approximate surface area is 51.6 Å². The molecule has 0 aromatic carbocycles. The Morgan fingerprint density at radius 2 is 2.11 bits per heavy atom. The summed E-state index contributed by atoms with van der Waals surface area (Å²) in [4.78, 5) is 19.7. The minimum atomic E-state index is -1.90. The molecule has 52 valence electrons. The number of carbonyl (C=O) groups is 2. The van der Waals surface area contributed by atoms with Crippen molar-refractivity contribution in [1.82, 2.24) is 0 Å². The summed E-state index contributed by atoms with van der Waals surface area (Å²) in [6.45, 7) is 0. The zero-order chi connectivity index (χ0) is 7.49. The zero-order valence-electron chi connectivity index (χ0n) is 4.70. The van der Waals surface area contributed by atoms with Crippen LogP contribution in [-0.2, 0) is 9.59 Å². The van der Waals surface area contributed by atoms with Gasteiger partial charge in [0.15, 0.2) is 5.66 Å². The van der Waals surface area contributed by atoms with E-state index in [1.54, 1.807) is 0 Å². The molecular formula is C4H8N2O3. The zero-order valence-corrected chi connectivity index (χ0v) is 4.70. The second-order valence-corrected chi connectivity index (χ2v) is 1.72. The summed E-state index contributed by atoms with van der Waals surface area (Å²) in [6, 6.07) is 0. The molecule has 0 aromatic rings. The minimum absolute atomic E-state index is 0.369. The van der Waals surface area contributed by atoms with E-state index in [0.717, 1.165) is 0 Å². The summed E-state index contributed by atoms with van der Waals surface area (Å²) in [5, 5.41) is 8.16. The molecule has 9 heavy (non-hydrogen) atoms. The normalized spacial score (nSPS) is 10.9. The van der Waals surface area contributed by atoms with E-state index in [-0.39, 0.29) is 6.42 Å². The summed E-state index contributed by atoms with van der Waals surface area (Å²) >= 11 is 0. The van der Waals surface area contributed by atoms with Gasteiger partial charge in [0.25, 0.3) is 0 Å². The summed E-state index contributed by atoms with van der Waals surface area (Å²) in [7, 11) is 0. The second-order valence-electron chi connectivity index (χ2n) is 1.72. The predicted molar refractivity (Wildman–Crippen MR) is 29.4 cm³/mol. The molecule has 0 rings (SSSR count). The third-order valence-electron chi connectivity index (χ3n) is 0.819. The molecular weight excluding hydrogens is 124 g/mol. The van der Waals surface area contributed by atoms with E-state index in [4.69, 9.17) is 16.6 Å². The van der Waals surface area contributed by atoms with Crippen molar-refractivity contribution >= 4 is 12.3 Å². The summed E-state index contributed by atoms with van der Waals surface area (Å²) in [5.74, 6) is -1.38. The molecule has 0 atom stereocenters. The molecule has 5 N–H and O–H groups in total. The van der Waals surface area contributed by atoms with Crippen molar-refractivity contribution in [1.29, 1.82) is 0 Å². The number of carboxylic acid groups (broad SMARTS) is 1. The number of hydrogen-bond donors (Lipinski definition) is 3. The van der Waals surface area contributed by atoms with Crippen molar-refractivity contribution in [3.63, 3.8) is 0 Å². The topological polar surface area (TPSA) is 106 Å². The van der Waals surface area contributed by atoms with Crippen molar-refractivity contribution in [3.05, 3.63) is 0 Å². The van der Waals surface area contributed by atoms with Crippen LogP contribution in [-0.4, -0.2) is 23.0 Å². The van der Waals surface area contributed by atoms with Crippen molar-refractivity contribution in [2.45, 2.75) is 12.1 Å². The lowest BCUT2D eigenvalue weighted by Gasteiger charge is -2.14. The molecule has 0 bridgehead atoms. The second kappa shape index (κ2) is 2.56. The Morgan fingerprint density at radius 3 is 2.22 bits per heavy atom. The number of hydrogen-bond acceptors (Lipinski definition) is 4. The Balaban J connectivity index is 4.00. The van der Waals surface area contributed by atoms with E-state index in [9.17, 15) is 9.59 Å². The van der Waals surface area contributed by atoms with Gasteiger partial charge in [0.05, 0.1) is 0 Å². The molecule has 0 unspecified atom stereocenters. The van der Waals surface area contributed by atoms with Gasteiger partial charge in [0.2, 0.25) is 0 Å². The van der Waals surface area contributed by atoms with Crippen molar-refractivity contribution in [2.24, 2.45) is 11.5 Å². The van der Waals surface area contributed by atoms with Gasteiger partial charge in [-0.15, -0.1) is 0 Å². The molecule has 0 aliphatic carbocycles. The van der Waals surface area contributed by atoms with Crippen LogP contribution >= 0.6 is 0 Å². The van der Waals surface area contributed by atoms with Crippen LogP contribution in [0.2, 0.25) is 0 Å². The first-order chi connectivity index (χ1) is 4.00. The Morgan fingerprint density at radius 1 is 1.67 bits per heavy atom. The summed E-state index contributed by atoms with van der Waals surface area (Å²) in [6.07, 6.45) is -0.00352. The number of carbonyl (C=O) groups excluding carboxylic acids is 1. The molecule has 0 saturated heterocycles. The van der Waals surface area contributed by atoms with Gasteiger partial charge in [0, 0.05) is 6.42 Å². The van der Waals surface area contributed by atoms with Crippen LogP contribution in [0.5, 0.6) is 0 Å². The predicted octanol–water partition coefficient (Wildman–Crippen LogP) is -1.73. The fourth-order valence-electron chi connectivity index (χ4n) is 0.225. The monoisotopic (exact) mass is 132 g/mol. The molecule has 0 spiro atoms. The SMILES string of the molecule is NC(N)(CC=O)C(=O)O. The van der Waals surface area contributed by atoms with E-state index in [2.05, 4.69) is 0 Å². The van der Waals surface area contributed by atoms with Crippen LogP contribution in [0.25, 0.3) is 0 Å². The average molecular weight is 132 g/mol. The van der Waals surface area contributed by atoms with Crippen molar-refractivity contribution in [3.8, 4) is 0 Å². The first-order valence-corrected chi connectivity index (χ1v) is 2.25. The van der Waals surface area contributed by atoms with E-state index >= 15 is 0 Å². The summed E-state index contributed by atoms with van der Waals surface area (Å²) in [5.41, 5.74) is 7.93. The summed E-state index contributed by atoms with van der Waals surface area (Å²) < 4.78 is 0. The molecule has 0 saturated carbocycles. The maximum Gasteiger partial charge on any atom is 0.338 e. The van der Waals surface area contributed by atoms with Crippen molar-refractivity contribution in [2.75, 3.05) is 0 Å². The maximum absolute atomic E-state index is 10.0. The third-order valence-corrected chi connectivity index (χ3v) is 0.819. The van der Waals surface area contributed by atoms with Gasteiger partial charge in [-0.1, -0.05) is 0 Å². The quantitative estimate of drug-likeness (QED) is 0.312. The molecule has 0 heterocycles. The molecule has 0 radical (unpaired) electrons. The third kappa shape index (κ3) is 2.20. The largest absolute Gasteiger partial charge is 0.479 e. The Bertz CT molecular complexity index is 132. The van der Waals surface area contributed by atoms with Gasteiger partial charge >= 0.3 is 5.97 Å². The van der Waals surface area contributed by atoms with Gasteiger partial charge in [-0.05, 0) is 0 Å². The fraction of sp³-hybridized carbons (Fsp3) is 0.500. The first-order valence-electron chi connectivity index (χ1n) is 2.25. The number of nitrogens with two attached hydrogens (primary N) is 2. The highest BCUT2D eigenvalue weighted by Gasteiger charge is 2.27. The highest BCUT2D eigenvalue weighted by molar-refractivity contribution is 5.80. The molecule has 0 amide bonds. The maximum atomic E-state index is 10.0. The van der Waals surface area contributed by atoms with Crippen LogP contribution < -0.4 is 11.5 Å². The minimum Gasteiger partial charge on any atom is -0.479 e. The lowest BCUT2D eigenvalue weighted by Crippen LogP contribution is -2.56. The average Bonchev–Trinajstić information content (AvgIpc) is 1.65. The molecule has 5 heteroatoms. The van der Waals surface area contributed by atoms with E-state index < -0.39 is 11.6 Å². The Kier molecular flexibility index (Phi) is 2.29. The van der Waals surface area contributed by atoms with Gasteiger partial charge in [0.1, 0.15) is 6.29 Å². The van der Waals surface area contributed by atoms with Crippen molar-refractivity contribution < 1.29 is 14.7 Å².